The number of para-hydroxylation sites is 1. The van der Waals surface area contributed by atoms with Crippen LogP contribution in [0.3, 0.4) is 0 Å². The highest BCUT2D eigenvalue weighted by Gasteiger charge is 2.19. The summed E-state index contributed by atoms with van der Waals surface area (Å²) in [4.78, 5) is 26.0. The van der Waals surface area contributed by atoms with E-state index in [0.717, 1.165) is 10.9 Å². The van der Waals surface area contributed by atoms with Crippen LogP contribution in [0.25, 0.3) is 10.9 Å². The number of nitro groups is 1. The molecular formula is C17H14BrN3O3. The minimum atomic E-state index is -0.452. The lowest BCUT2D eigenvalue weighted by atomic mass is 10.1. The van der Waals surface area contributed by atoms with Gasteiger partial charge in [-0.2, -0.15) is 0 Å². The Morgan fingerprint density at radius 1 is 1.25 bits per heavy atom. The number of carbonyl (C=O) groups excluding carboxylic acids is 1. The van der Waals surface area contributed by atoms with Crippen molar-refractivity contribution < 1.29 is 9.72 Å². The fourth-order valence-electron chi connectivity index (χ4n) is 2.52. The minimum Gasteiger partial charge on any atom is -0.350 e. The first-order valence-electron chi connectivity index (χ1n) is 7.29. The van der Waals surface area contributed by atoms with E-state index < -0.39 is 4.92 Å². The Morgan fingerprint density at radius 3 is 2.71 bits per heavy atom. The quantitative estimate of drug-likeness (QED) is 0.515. The molecule has 0 fully saturated rings. The average Bonchev–Trinajstić information content (AvgIpc) is 2.92. The second-order valence-corrected chi connectivity index (χ2v) is 6.20. The van der Waals surface area contributed by atoms with Gasteiger partial charge in [0.15, 0.2) is 0 Å². The van der Waals surface area contributed by atoms with Crippen LogP contribution in [-0.4, -0.2) is 15.8 Å². The van der Waals surface area contributed by atoms with E-state index in [-0.39, 0.29) is 17.6 Å². The van der Waals surface area contributed by atoms with Crippen molar-refractivity contribution in [1.29, 1.82) is 0 Å². The highest BCUT2D eigenvalue weighted by Crippen LogP contribution is 2.28. The van der Waals surface area contributed by atoms with E-state index in [1.54, 1.807) is 19.1 Å². The van der Waals surface area contributed by atoms with E-state index in [0.29, 0.717) is 15.7 Å². The molecule has 7 heteroatoms. The number of rotatable bonds is 4. The summed E-state index contributed by atoms with van der Waals surface area (Å²) < 4.78 is 0.696. The van der Waals surface area contributed by atoms with Crippen molar-refractivity contribution in [3.05, 3.63) is 74.4 Å². The highest BCUT2D eigenvalue weighted by atomic mass is 79.9. The van der Waals surface area contributed by atoms with Crippen LogP contribution >= 0.6 is 15.9 Å². The number of hydrogen-bond acceptors (Lipinski definition) is 3. The smallest absolute Gasteiger partial charge is 0.269 e. The molecule has 0 aliphatic heterocycles. The van der Waals surface area contributed by atoms with Crippen LogP contribution in [0.5, 0.6) is 0 Å². The molecule has 1 heterocycles. The van der Waals surface area contributed by atoms with Crippen molar-refractivity contribution in [2.75, 3.05) is 0 Å². The molecule has 2 N–H and O–H groups in total. The van der Waals surface area contributed by atoms with Crippen LogP contribution < -0.4 is 5.32 Å². The van der Waals surface area contributed by atoms with Crippen molar-refractivity contribution in [2.24, 2.45) is 0 Å². The molecule has 0 bridgehead atoms. The molecule has 0 aliphatic rings. The number of amides is 1. The van der Waals surface area contributed by atoms with Gasteiger partial charge in [0.2, 0.25) is 0 Å². The van der Waals surface area contributed by atoms with Crippen molar-refractivity contribution >= 4 is 38.4 Å². The van der Waals surface area contributed by atoms with Gasteiger partial charge in [-0.3, -0.25) is 14.9 Å². The molecule has 0 spiro atoms. The van der Waals surface area contributed by atoms with Gasteiger partial charge < -0.3 is 10.3 Å². The maximum absolute atomic E-state index is 12.5. The lowest BCUT2D eigenvalue weighted by Gasteiger charge is -2.13. The van der Waals surface area contributed by atoms with Gasteiger partial charge in [-0.1, -0.05) is 30.3 Å². The number of nitrogens with zero attached hydrogens (tertiary/aromatic N) is 1. The second kappa shape index (κ2) is 6.45. The first-order chi connectivity index (χ1) is 11.5. The zero-order chi connectivity index (χ0) is 17.3. The second-order valence-electron chi connectivity index (χ2n) is 5.41. The standard InChI is InChI=1S/C17H14BrN3O3/c1-10(11-5-4-6-12(9-11)21(23)24)19-17(22)16-15(18)13-7-2-3-8-14(13)20-16/h2-10,20H,1H3,(H,19,22). The number of benzene rings is 2. The maximum atomic E-state index is 12.5. The summed E-state index contributed by atoms with van der Waals surface area (Å²) in [7, 11) is 0. The van der Waals surface area contributed by atoms with Gasteiger partial charge in [0.25, 0.3) is 11.6 Å². The normalized spacial score (nSPS) is 12.1. The Labute approximate surface area is 146 Å². The summed E-state index contributed by atoms with van der Waals surface area (Å²) in [6.45, 7) is 1.79. The number of carbonyl (C=O) groups is 1. The van der Waals surface area contributed by atoms with E-state index in [4.69, 9.17) is 0 Å². The third kappa shape index (κ3) is 3.03. The predicted molar refractivity (Wildman–Crippen MR) is 95.0 cm³/mol. The molecule has 2 aromatic carbocycles. The molecule has 3 rings (SSSR count). The largest absolute Gasteiger partial charge is 0.350 e. The number of aromatic amines is 1. The molecule has 0 aliphatic carbocycles. The van der Waals surface area contributed by atoms with Gasteiger partial charge in [0, 0.05) is 23.0 Å². The molecule has 6 nitrogen and oxygen atoms in total. The number of hydrogen-bond donors (Lipinski definition) is 2. The molecule has 1 amide bonds. The Hall–Kier alpha value is -2.67. The molecule has 0 radical (unpaired) electrons. The monoisotopic (exact) mass is 387 g/mol. The zero-order valence-corrected chi connectivity index (χ0v) is 14.3. The molecule has 0 saturated carbocycles. The number of nitro benzene ring substituents is 1. The Morgan fingerprint density at radius 2 is 2.00 bits per heavy atom. The minimum absolute atomic E-state index is 0.000363. The molecule has 1 unspecified atom stereocenters. The first-order valence-corrected chi connectivity index (χ1v) is 8.08. The fourth-order valence-corrected chi connectivity index (χ4v) is 3.15. The molecule has 1 aromatic heterocycles. The van der Waals surface area contributed by atoms with Crippen LogP contribution in [0, 0.1) is 10.1 Å². The van der Waals surface area contributed by atoms with Crippen LogP contribution in [0.15, 0.2) is 53.0 Å². The number of nitrogens with one attached hydrogen (secondary N) is 2. The van der Waals surface area contributed by atoms with Crippen LogP contribution in [0.4, 0.5) is 5.69 Å². The molecular weight excluding hydrogens is 374 g/mol. The predicted octanol–water partition coefficient (Wildman–Crippen LogP) is 4.33. The summed E-state index contributed by atoms with van der Waals surface area (Å²) in [5, 5.41) is 14.7. The summed E-state index contributed by atoms with van der Waals surface area (Å²) in [6, 6.07) is 13.5. The number of non-ortho nitro benzene ring substituents is 1. The average molecular weight is 388 g/mol. The lowest BCUT2D eigenvalue weighted by molar-refractivity contribution is -0.384. The van der Waals surface area contributed by atoms with Crippen molar-refractivity contribution in [3.8, 4) is 0 Å². The Balaban J connectivity index is 1.84. The first kappa shape index (κ1) is 16.2. The third-order valence-corrected chi connectivity index (χ3v) is 4.62. The number of fused-ring (bicyclic) bond motifs is 1. The number of aromatic nitrogens is 1. The van der Waals surface area contributed by atoms with Gasteiger partial charge >= 0.3 is 0 Å². The topological polar surface area (TPSA) is 88.0 Å². The number of H-pyrrole nitrogens is 1. The third-order valence-electron chi connectivity index (χ3n) is 3.80. The van der Waals surface area contributed by atoms with E-state index in [1.165, 1.54) is 12.1 Å². The number of halogens is 1. The maximum Gasteiger partial charge on any atom is 0.269 e. The van der Waals surface area contributed by atoms with Crippen molar-refractivity contribution in [3.63, 3.8) is 0 Å². The molecule has 24 heavy (non-hydrogen) atoms. The summed E-state index contributed by atoms with van der Waals surface area (Å²) in [5.41, 5.74) is 1.95. The van der Waals surface area contributed by atoms with Crippen LogP contribution in [0.1, 0.15) is 29.0 Å². The van der Waals surface area contributed by atoms with Crippen LogP contribution in [-0.2, 0) is 0 Å². The van der Waals surface area contributed by atoms with E-state index in [1.807, 2.05) is 24.3 Å². The Bertz CT molecular complexity index is 936. The van der Waals surface area contributed by atoms with Crippen molar-refractivity contribution in [2.45, 2.75) is 13.0 Å². The van der Waals surface area contributed by atoms with Gasteiger partial charge in [0.1, 0.15) is 5.69 Å². The van der Waals surface area contributed by atoms with Gasteiger partial charge in [0.05, 0.1) is 15.4 Å². The Kier molecular flexibility index (Phi) is 4.35. The van der Waals surface area contributed by atoms with Gasteiger partial charge in [-0.15, -0.1) is 0 Å². The molecule has 0 saturated heterocycles. The highest BCUT2D eigenvalue weighted by molar-refractivity contribution is 9.10. The summed E-state index contributed by atoms with van der Waals surface area (Å²) >= 11 is 3.45. The molecule has 1 atom stereocenters. The van der Waals surface area contributed by atoms with Crippen LogP contribution in [0.2, 0.25) is 0 Å². The SMILES string of the molecule is CC(NC(=O)c1[nH]c2ccccc2c1Br)c1cccc([N+](=O)[O-])c1. The molecule has 122 valence electrons. The summed E-state index contributed by atoms with van der Waals surface area (Å²) in [6.07, 6.45) is 0. The van der Waals surface area contributed by atoms with Gasteiger partial charge in [-0.05, 0) is 34.5 Å². The van der Waals surface area contributed by atoms with E-state index in [9.17, 15) is 14.9 Å². The zero-order valence-electron chi connectivity index (χ0n) is 12.7. The summed E-state index contributed by atoms with van der Waals surface area (Å²) in [5.74, 6) is -0.280. The van der Waals surface area contributed by atoms with Gasteiger partial charge in [-0.25, -0.2) is 0 Å². The van der Waals surface area contributed by atoms with E-state index >= 15 is 0 Å². The van der Waals surface area contributed by atoms with E-state index in [2.05, 4.69) is 26.2 Å². The van der Waals surface area contributed by atoms with Crippen molar-refractivity contribution in [1.82, 2.24) is 10.3 Å². The fraction of sp³-hybridized carbons (Fsp3) is 0.118. The molecule has 3 aromatic rings. The lowest BCUT2D eigenvalue weighted by Crippen LogP contribution is -2.27.